The summed E-state index contributed by atoms with van der Waals surface area (Å²) in [5, 5.41) is 2.25. The van der Waals surface area contributed by atoms with Crippen LogP contribution < -0.4 is 4.74 Å². The van der Waals surface area contributed by atoms with E-state index in [0.717, 1.165) is 34.0 Å². The van der Waals surface area contributed by atoms with Crippen LogP contribution in [-0.4, -0.2) is 30.5 Å². The number of rotatable bonds is 2. The highest BCUT2D eigenvalue weighted by Gasteiger charge is 2.31. The van der Waals surface area contributed by atoms with Crippen molar-refractivity contribution in [2.24, 2.45) is 0 Å². The van der Waals surface area contributed by atoms with Gasteiger partial charge in [0.05, 0.1) is 4.47 Å². The quantitative estimate of drug-likeness (QED) is 0.850. The zero-order valence-electron chi connectivity index (χ0n) is 10.6. The highest BCUT2D eigenvalue weighted by atomic mass is 79.9. The molecule has 98 valence electrons. The van der Waals surface area contributed by atoms with E-state index in [4.69, 9.17) is 4.74 Å². The maximum atomic E-state index is 11.9. The van der Waals surface area contributed by atoms with Crippen LogP contribution in [0.15, 0.2) is 40.9 Å². The average Bonchev–Trinajstić information content (AvgIpc) is 2.74. The van der Waals surface area contributed by atoms with Gasteiger partial charge in [0.1, 0.15) is 5.75 Å². The summed E-state index contributed by atoms with van der Waals surface area (Å²) >= 11 is 3.57. The molecule has 19 heavy (non-hydrogen) atoms. The van der Waals surface area contributed by atoms with Crippen molar-refractivity contribution in [3.8, 4) is 5.75 Å². The second-order valence-corrected chi connectivity index (χ2v) is 5.55. The van der Waals surface area contributed by atoms with E-state index in [-0.39, 0.29) is 12.0 Å². The van der Waals surface area contributed by atoms with Crippen molar-refractivity contribution in [3.63, 3.8) is 0 Å². The topological polar surface area (TPSA) is 29.5 Å². The fourth-order valence-electron chi connectivity index (χ4n) is 2.36. The summed E-state index contributed by atoms with van der Waals surface area (Å²) in [6.07, 6.45) is 0.386. The lowest BCUT2D eigenvalue weighted by molar-refractivity contribution is -0.132. The first-order chi connectivity index (χ1) is 9.16. The predicted molar refractivity (Wildman–Crippen MR) is 78.3 cm³/mol. The molecular formula is C15H14BrNO2. The average molecular weight is 320 g/mol. The molecule has 1 aliphatic rings. The van der Waals surface area contributed by atoms with E-state index in [1.54, 1.807) is 11.9 Å². The third-order valence-corrected chi connectivity index (χ3v) is 4.29. The molecule has 1 heterocycles. The molecule has 1 saturated heterocycles. The van der Waals surface area contributed by atoms with Crippen molar-refractivity contribution in [1.82, 2.24) is 4.90 Å². The molecule has 2 aromatic carbocycles. The van der Waals surface area contributed by atoms with E-state index in [0.29, 0.717) is 0 Å². The first-order valence-corrected chi connectivity index (χ1v) is 7.05. The monoisotopic (exact) mass is 319 g/mol. The molecule has 3 nitrogen and oxygen atoms in total. The Balaban J connectivity index is 1.93. The molecule has 0 radical (unpaired) electrons. The van der Waals surface area contributed by atoms with E-state index in [1.165, 1.54) is 0 Å². The molecule has 0 aromatic heterocycles. The number of nitrogens with zero attached hydrogens (tertiary/aromatic N) is 1. The fourth-order valence-corrected chi connectivity index (χ4v) is 2.94. The van der Waals surface area contributed by atoms with Crippen LogP contribution in [0.5, 0.6) is 5.75 Å². The lowest BCUT2D eigenvalue weighted by atomic mass is 10.1. The number of amides is 1. The molecule has 0 aliphatic carbocycles. The lowest BCUT2D eigenvalue weighted by Gasteiger charge is -2.15. The van der Waals surface area contributed by atoms with Gasteiger partial charge in [0.2, 0.25) is 0 Å². The van der Waals surface area contributed by atoms with E-state index >= 15 is 0 Å². The Kier molecular flexibility index (Phi) is 3.19. The van der Waals surface area contributed by atoms with Crippen LogP contribution in [0.4, 0.5) is 0 Å². The summed E-state index contributed by atoms with van der Waals surface area (Å²) in [5.74, 6) is 0.785. The van der Waals surface area contributed by atoms with Crippen LogP contribution in [0.1, 0.15) is 6.42 Å². The number of carbonyl (C=O) groups is 1. The number of halogens is 1. The Morgan fingerprint density at radius 1 is 1.26 bits per heavy atom. The van der Waals surface area contributed by atoms with Crippen LogP contribution in [0.3, 0.4) is 0 Å². The van der Waals surface area contributed by atoms with Crippen LogP contribution in [0, 0.1) is 0 Å². The molecule has 1 atom stereocenters. The number of likely N-dealkylation sites (tertiary alicyclic amines) is 1. The Morgan fingerprint density at radius 3 is 2.79 bits per heavy atom. The van der Waals surface area contributed by atoms with Gasteiger partial charge in [0.25, 0.3) is 5.91 Å². The Hall–Kier alpha value is -1.55. The molecule has 1 amide bonds. The molecular weight excluding hydrogens is 306 g/mol. The highest BCUT2D eigenvalue weighted by Crippen LogP contribution is 2.34. The lowest BCUT2D eigenvalue weighted by Crippen LogP contribution is -2.29. The summed E-state index contributed by atoms with van der Waals surface area (Å²) in [6, 6.07) is 12.0. The maximum Gasteiger partial charge on any atom is 0.263 e. The Bertz CT molecular complexity index is 641. The van der Waals surface area contributed by atoms with E-state index in [9.17, 15) is 4.79 Å². The smallest absolute Gasteiger partial charge is 0.263 e. The molecule has 2 aromatic rings. The molecule has 1 aliphatic heterocycles. The van der Waals surface area contributed by atoms with Crippen molar-refractivity contribution in [1.29, 1.82) is 0 Å². The molecule has 1 unspecified atom stereocenters. The minimum absolute atomic E-state index is 0.0556. The van der Waals surface area contributed by atoms with Gasteiger partial charge in [-0.05, 0) is 32.8 Å². The van der Waals surface area contributed by atoms with Crippen molar-refractivity contribution in [2.75, 3.05) is 13.6 Å². The predicted octanol–water partition coefficient (Wildman–Crippen LogP) is 3.21. The van der Waals surface area contributed by atoms with Gasteiger partial charge in [-0.1, -0.05) is 30.3 Å². The normalized spacial score (nSPS) is 19.2. The third kappa shape index (κ3) is 2.21. The van der Waals surface area contributed by atoms with Gasteiger partial charge >= 0.3 is 0 Å². The van der Waals surface area contributed by atoms with Crippen molar-refractivity contribution in [2.45, 2.75) is 12.5 Å². The molecule has 1 fully saturated rings. The second-order valence-electron chi connectivity index (χ2n) is 4.75. The number of benzene rings is 2. The first-order valence-electron chi connectivity index (χ1n) is 6.25. The number of carbonyl (C=O) groups excluding carboxylic acids is 1. The van der Waals surface area contributed by atoms with Gasteiger partial charge in [0, 0.05) is 20.0 Å². The zero-order valence-corrected chi connectivity index (χ0v) is 12.2. The summed E-state index contributed by atoms with van der Waals surface area (Å²) in [5.41, 5.74) is 0. The largest absolute Gasteiger partial charge is 0.479 e. The SMILES string of the molecule is CN1CCC(Oc2ccc3ccccc3c2Br)C1=O. The second kappa shape index (κ2) is 4.85. The molecule has 0 bridgehead atoms. The van der Waals surface area contributed by atoms with E-state index in [1.807, 2.05) is 30.3 Å². The van der Waals surface area contributed by atoms with Gasteiger partial charge in [-0.3, -0.25) is 4.79 Å². The van der Waals surface area contributed by atoms with Crippen molar-refractivity contribution < 1.29 is 9.53 Å². The molecule has 3 rings (SSSR count). The van der Waals surface area contributed by atoms with Crippen LogP contribution >= 0.6 is 15.9 Å². The molecule has 4 heteroatoms. The van der Waals surface area contributed by atoms with Crippen molar-refractivity contribution >= 4 is 32.6 Å². The van der Waals surface area contributed by atoms with E-state index < -0.39 is 0 Å². The first kappa shape index (κ1) is 12.5. The van der Waals surface area contributed by atoms with Crippen LogP contribution in [0.25, 0.3) is 10.8 Å². The van der Waals surface area contributed by atoms with Gasteiger partial charge in [-0.15, -0.1) is 0 Å². The van der Waals surface area contributed by atoms with E-state index in [2.05, 4.69) is 22.0 Å². The van der Waals surface area contributed by atoms with Gasteiger partial charge in [-0.2, -0.15) is 0 Å². The summed E-state index contributed by atoms with van der Waals surface area (Å²) in [4.78, 5) is 13.6. The summed E-state index contributed by atoms with van der Waals surface area (Å²) < 4.78 is 6.77. The number of likely N-dealkylation sites (N-methyl/N-ethyl adjacent to an activating group) is 1. The zero-order chi connectivity index (χ0) is 13.4. The minimum Gasteiger partial charge on any atom is -0.479 e. The molecule has 0 saturated carbocycles. The van der Waals surface area contributed by atoms with Gasteiger partial charge in [0.15, 0.2) is 6.10 Å². The van der Waals surface area contributed by atoms with Gasteiger partial charge < -0.3 is 9.64 Å². The van der Waals surface area contributed by atoms with Crippen molar-refractivity contribution in [3.05, 3.63) is 40.9 Å². The Morgan fingerprint density at radius 2 is 2.05 bits per heavy atom. The number of ether oxygens (including phenoxy) is 1. The minimum atomic E-state index is -0.359. The molecule has 0 spiro atoms. The fraction of sp³-hybridized carbons (Fsp3) is 0.267. The maximum absolute atomic E-state index is 11.9. The summed E-state index contributed by atoms with van der Waals surface area (Å²) in [6.45, 7) is 0.759. The third-order valence-electron chi connectivity index (χ3n) is 3.48. The molecule has 0 N–H and O–H groups in total. The van der Waals surface area contributed by atoms with Crippen LogP contribution in [0.2, 0.25) is 0 Å². The highest BCUT2D eigenvalue weighted by molar-refractivity contribution is 9.10. The standard InChI is InChI=1S/C15H14BrNO2/c1-17-9-8-13(15(17)18)19-12-7-6-10-4-2-3-5-11(10)14(12)16/h2-7,13H,8-9H2,1H3. The Labute approximate surface area is 120 Å². The summed E-state index contributed by atoms with van der Waals surface area (Å²) in [7, 11) is 1.81. The number of fused-ring (bicyclic) bond motifs is 1. The van der Waals surface area contributed by atoms with Gasteiger partial charge in [-0.25, -0.2) is 0 Å². The number of hydrogen-bond acceptors (Lipinski definition) is 2. The number of hydrogen-bond donors (Lipinski definition) is 0. The van der Waals surface area contributed by atoms with Crippen LogP contribution in [-0.2, 0) is 4.79 Å².